The Bertz CT molecular complexity index is 375. The molecular formula is C9H7N3O. The molecule has 13 heavy (non-hydrogen) atoms. The molecule has 0 saturated carbocycles. The molecular weight excluding hydrogens is 166 g/mol. The molecule has 0 radical (unpaired) electrons. The molecule has 4 nitrogen and oxygen atoms in total. The number of hydrogen-bond acceptors (Lipinski definition) is 4. The molecule has 1 aromatic heterocycles. The highest BCUT2D eigenvalue weighted by Gasteiger charge is 2.06. The van der Waals surface area contributed by atoms with Crippen molar-refractivity contribution in [3.8, 4) is 24.3 Å². The van der Waals surface area contributed by atoms with Crippen LogP contribution in [0.1, 0.15) is 12.5 Å². The van der Waals surface area contributed by atoms with E-state index in [0.717, 1.165) is 0 Å². The molecule has 0 aromatic carbocycles. The van der Waals surface area contributed by atoms with E-state index >= 15 is 0 Å². The van der Waals surface area contributed by atoms with Gasteiger partial charge < -0.3 is 4.74 Å². The molecule has 0 amide bonds. The molecule has 0 bridgehead atoms. The van der Waals surface area contributed by atoms with Crippen LogP contribution in [0.25, 0.3) is 0 Å². The lowest BCUT2D eigenvalue weighted by molar-refractivity contribution is 0.264. The lowest BCUT2D eigenvalue weighted by atomic mass is 10.3. The standard InChI is InChI=1S/C9H7N3O/c1-3-7(2)13-9-8(6-10)4-5-11-12-9/h1,4-5,7H,2H3. The molecule has 64 valence electrons. The van der Waals surface area contributed by atoms with E-state index in [9.17, 15) is 0 Å². The van der Waals surface area contributed by atoms with Gasteiger partial charge in [-0.3, -0.25) is 0 Å². The van der Waals surface area contributed by atoms with Crippen molar-refractivity contribution in [2.75, 3.05) is 0 Å². The molecule has 1 unspecified atom stereocenters. The average molecular weight is 173 g/mol. The second-order valence-electron chi connectivity index (χ2n) is 2.29. The third-order valence-corrected chi connectivity index (χ3v) is 1.33. The fourth-order valence-corrected chi connectivity index (χ4v) is 0.692. The number of nitriles is 1. The van der Waals surface area contributed by atoms with Gasteiger partial charge in [0.05, 0.1) is 6.20 Å². The van der Waals surface area contributed by atoms with Crippen molar-refractivity contribution in [3.63, 3.8) is 0 Å². The molecule has 1 atom stereocenters. The first kappa shape index (κ1) is 9.02. The number of terminal acetylenes is 1. The van der Waals surface area contributed by atoms with Gasteiger partial charge in [0, 0.05) is 0 Å². The first-order valence-corrected chi connectivity index (χ1v) is 3.62. The first-order chi connectivity index (χ1) is 6.27. The van der Waals surface area contributed by atoms with E-state index in [2.05, 4.69) is 16.1 Å². The van der Waals surface area contributed by atoms with E-state index in [-0.39, 0.29) is 5.88 Å². The van der Waals surface area contributed by atoms with E-state index in [4.69, 9.17) is 16.4 Å². The molecule has 1 heterocycles. The average Bonchev–Trinajstić information content (AvgIpc) is 2.18. The molecule has 0 N–H and O–H groups in total. The summed E-state index contributed by atoms with van der Waals surface area (Å²) in [4.78, 5) is 0. The Morgan fingerprint density at radius 2 is 2.46 bits per heavy atom. The number of aromatic nitrogens is 2. The van der Waals surface area contributed by atoms with Crippen LogP contribution in [0.4, 0.5) is 0 Å². The van der Waals surface area contributed by atoms with E-state index in [1.54, 1.807) is 6.92 Å². The number of hydrogen-bond donors (Lipinski definition) is 0. The molecule has 0 fully saturated rings. The Labute approximate surface area is 76.2 Å². The summed E-state index contributed by atoms with van der Waals surface area (Å²) in [6, 6.07) is 3.45. The Balaban J connectivity index is 2.90. The van der Waals surface area contributed by atoms with Gasteiger partial charge in [0.25, 0.3) is 5.88 Å². The first-order valence-electron chi connectivity index (χ1n) is 3.62. The van der Waals surface area contributed by atoms with Crippen LogP contribution in [0.3, 0.4) is 0 Å². The highest BCUT2D eigenvalue weighted by atomic mass is 16.5. The third kappa shape index (κ3) is 2.18. The van der Waals surface area contributed by atoms with Crippen LogP contribution in [0.5, 0.6) is 5.88 Å². The van der Waals surface area contributed by atoms with Crippen molar-refractivity contribution in [2.45, 2.75) is 13.0 Å². The molecule has 0 aliphatic heterocycles. The second kappa shape index (κ2) is 4.08. The molecule has 0 spiro atoms. The summed E-state index contributed by atoms with van der Waals surface area (Å²) in [6.07, 6.45) is 6.11. The highest BCUT2D eigenvalue weighted by Crippen LogP contribution is 2.12. The molecule has 1 aromatic rings. The van der Waals surface area contributed by atoms with Crippen molar-refractivity contribution in [1.82, 2.24) is 10.2 Å². The largest absolute Gasteiger partial charge is 0.459 e. The Hall–Kier alpha value is -2.07. The highest BCUT2D eigenvalue weighted by molar-refractivity contribution is 5.36. The summed E-state index contributed by atoms with van der Waals surface area (Å²) in [6.45, 7) is 1.69. The van der Waals surface area contributed by atoms with Crippen molar-refractivity contribution in [1.29, 1.82) is 5.26 Å². The predicted molar refractivity (Wildman–Crippen MR) is 45.7 cm³/mol. The molecule has 0 saturated heterocycles. The zero-order valence-corrected chi connectivity index (χ0v) is 7.06. The van der Waals surface area contributed by atoms with Crippen molar-refractivity contribution in [3.05, 3.63) is 17.8 Å². The third-order valence-electron chi connectivity index (χ3n) is 1.33. The Morgan fingerprint density at radius 3 is 3.08 bits per heavy atom. The number of ether oxygens (including phenoxy) is 1. The lowest BCUT2D eigenvalue weighted by Crippen LogP contribution is -2.10. The fraction of sp³-hybridized carbons (Fsp3) is 0.222. The second-order valence-corrected chi connectivity index (χ2v) is 2.29. The van der Waals surface area contributed by atoms with Crippen LogP contribution in [0.15, 0.2) is 12.3 Å². The maximum Gasteiger partial charge on any atom is 0.252 e. The normalized spacial score (nSPS) is 11.0. The summed E-state index contributed by atoms with van der Waals surface area (Å²) < 4.78 is 5.15. The molecule has 0 aliphatic carbocycles. The zero-order chi connectivity index (χ0) is 9.68. The maximum atomic E-state index is 8.65. The van der Waals surface area contributed by atoms with Gasteiger partial charge in [-0.1, -0.05) is 5.92 Å². The van der Waals surface area contributed by atoms with E-state index in [1.165, 1.54) is 12.3 Å². The Morgan fingerprint density at radius 1 is 1.69 bits per heavy atom. The van der Waals surface area contributed by atoms with Crippen LogP contribution in [-0.2, 0) is 0 Å². The molecule has 4 heteroatoms. The topological polar surface area (TPSA) is 58.8 Å². The monoisotopic (exact) mass is 173 g/mol. The molecule has 1 rings (SSSR count). The lowest BCUT2D eigenvalue weighted by Gasteiger charge is -2.07. The van der Waals surface area contributed by atoms with Crippen LogP contribution >= 0.6 is 0 Å². The number of nitrogens with zero attached hydrogens (tertiary/aromatic N) is 3. The van der Waals surface area contributed by atoms with Gasteiger partial charge in [-0.05, 0) is 13.0 Å². The van der Waals surface area contributed by atoms with Crippen LogP contribution in [0, 0.1) is 23.7 Å². The predicted octanol–water partition coefficient (Wildman–Crippen LogP) is 0.749. The molecule has 0 aliphatic rings. The quantitative estimate of drug-likeness (QED) is 0.619. The van der Waals surface area contributed by atoms with Crippen LogP contribution < -0.4 is 4.74 Å². The van der Waals surface area contributed by atoms with Gasteiger partial charge in [-0.2, -0.15) is 10.4 Å². The van der Waals surface area contributed by atoms with Gasteiger partial charge in [0.15, 0.2) is 6.10 Å². The minimum absolute atomic E-state index is 0.176. The fourth-order valence-electron chi connectivity index (χ4n) is 0.692. The minimum Gasteiger partial charge on any atom is -0.459 e. The summed E-state index contributed by atoms with van der Waals surface area (Å²) >= 11 is 0. The summed E-state index contributed by atoms with van der Waals surface area (Å²) in [5.41, 5.74) is 0.331. The van der Waals surface area contributed by atoms with E-state index < -0.39 is 6.10 Å². The van der Waals surface area contributed by atoms with Crippen molar-refractivity contribution < 1.29 is 4.74 Å². The zero-order valence-electron chi connectivity index (χ0n) is 7.06. The van der Waals surface area contributed by atoms with Gasteiger partial charge in [0.2, 0.25) is 0 Å². The van der Waals surface area contributed by atoms with Gasteiger partial charge in [0.1, 0.15) is 11.6 Å². The Kier molecular flexibility index (Phi) is 2.83. The van der Waals surface area contributed by atoms with Crippen molar-refractivity contribution in [2.24, 2.45) is 0 Å². The van der Waals surface area contributed by atoms with Gasteiger partial charge in [-0.25, -0.2) is 0 Å². The maximum absolute atomic E-state index is 8.65. The van der Waals surface area contributed by atoms with Crippen molar-refractivity contribution >= 4 is 0 Å². The van der Waals surface area contributed by atoms with Gasteiger partial charge >= 0.3 is 0 Å². The summed E-state index contributed by atoms with van der Waals surface area (Å²) in [7, 11) is 0. The summed E-state index contributed by atoms with van der Waals surface area (Å²) in [5.74, 6) is 2.54. The van der Waals surface area contributed by atoms with E-state index in [1.807, 2.05) is 6.07 Å². The van der Waals surface area contributed by atoms with E-state index in [0.29, 0.717) is 5.56 Å². The summed E-state index contributed by atoms with van der Waals surface area (Å²) in [5, 5.41) is 15.9. The minimum atomic E-state index is -0.413. The van der Waals surface area contributed by atoms with Crippen LogP contribution in [-0.4, -0.2) is 16.3 Å². The SMILES string of the molecule is C#CC(C)Oc1nnccc1C#N. The van der Waals surface area contributed by atoms with Crippen LogP contribution in [0.2, 0.25) is 0 Å². The van der Waals surface area contributed by atoms with Gasteiger partial charge in [-0.15, -0.1) is 11.5 Å². The smallest absolute Gasteiger partial charge is 0.252 e. The number of rotatable bonds is 2.